The minimum Gasteiger partial charge on any atom is -0.480 e. The highest BCUT2D eigenvalue weighted by atomic mass is 16.4. The highest BCUT2D eigenvalue weighted by Gasteiger charge is 2.33. The van der Waals surface area contributed by atoms with Crippen LogP contribution < -0.4 is 11.5 Å². The van der Waals surface area contributed by atoms with Gasteiger partial charge < -0.3 is 15.9 Å². The van der Waals surface area contributed by atoms with Crippen LogP contribution in [0.3, 0.4) is 0 Å². The minimum absolute atomic E-state index is 0.00769. The Kier molecular flexibility index (Phi) is 3.58. The molecule has 1 unspecified atom stereocenters. The third kappa shape index (κ3) is 2.75. The average Bonchev–Trinajstić information content (AvgIpc) is 2.16. The van der Waals surface area contributed by atoms with Gasteiger partial charge in [0, 0.05) is 18.4 Å². The summed E-state index contributed by atoms with van der Waals surface area (Å²) in [6.45, 7) is 0. The van der Waals surface area contributed by atoms with Gasteiger partial charge in [-0.3, -0.25) is 15.3 Å². The second-order valence-electron chi connectivity index (χ2n) is 3.71. The Balaban J connectivity index is 2.77. The van der Waals surface area contributed by atoms with Crippen molar-refractivity contribution < 1.29 is 19.8 Å². The number of aliphatic carboxylic acids is 1. The van der Waals surface area contributed by atoms with Crippen LogP contribution in [0.5, 0.6) is 0 Å². The number of aliphatic hydroxyl groups is 1. The van der Waals surface area contributed by atoms with E-state index in [9.17, 15) is 14.7 Å². The maximum atomic E-state index is 11.6. The Hall–Kier alpha value is -1.50. The first-order chi connectivity index (χ1) is 7.34. The fraction of sp³-hybridized carbons (Fsp3) is 0.400. The van der Waals surface area contributed by atoms with Crippen molar-refractivity contribution in [3.63, 3.8) is 0 Å². The monoisotopic (exact) mass is 226 g/mol. The largest absolute Gasteiger partial charge is 0.480 e. The third-order valence-corrected chi connectivity index (χ3v) is 2.32. The molecule has 2 atom stereocenters. The van der Waals surface area contributed by atoms with Crippen molar-refractivity contribution in [3.05, 3.63) is 23.8 Å². The van der Waals surface area contributed by atoms with E-state index in [0.29, 0.717) is 0 Å². The van der Waals surface area contributed by atoms with Crippen LogP contribution in [0.1, 0.15) is 12.8 Å². The Labute approximate surface area is 92.2 Å². The van der Waals surface area contributed by atoms with E-state index in [0.717, 1.165) is 0 Å². The van der Waals surface area contributed by atoms with Crippen LogP contribution in [-0.4, -0.2) is 33.7 Å². The molecule has 16 heavy (non-hydrogen) atoms. The number of carbonyl (C=O) groups excluding carboxylic acids is 1. The summed E-state index contributed by atoms with van der Waals surface area (Å²) in [5, 5.41) is 18.3. The lowest BCUT2D eigenvalue weighted by atomic mass is 9.90. The SMILES string of the molecule is N[C@@H](CC(=O)C1=CC=CCC1(N)O)C(=O)O. The predicted molar refractivity (Wildman–Crippen MR) is 56.2 cm³/mol. The van der Waals surface area contributed by atoms with E-state index in [2.05, 4.69) is 0 Å². The predicted octanol–water partition coefficient (Wildman–Crippen LogP) is -1.11. The molecule has 0 bridgehead atoms. The van der Waals surface area contributed by atoms with Crippen molar-refractivity contribution in [2.45, 2.75) is 24.6 Å². The standard InChI is InChI=1S/C10H14N2O4/c11-7(9(14)15)5-8(13)6-3-1-2-4-10(6,12)16/h1-3,7,16H,4-5,11-12H2,(H,14,15)/t7-,10?/m0/s1. The number of nitrogens with two attached hydrogens (primary N) is 2. The van der Waals surface area contributed by atoms with Crippen LogP contribution >= 0.6 is 0 Å². The molecule has 0 aromatic heterocycles. The van der Waals surface area contributed by atoms with Crippen molar-refractivity contribution in [2.24, 2.45) is 11.5 Å². The molecule has 0 saturated carbocycles. The van der Waals surface area contributed by atoms with Crippen molar-refractivity contribution in [1.82, 2.24) is 0 Å². The number of rotatable bonds is 4. The molecule has 6 nitrogen and oxygen atoms in total. The highest BCUT2D eigenvalue weighted by Crippen LogP contribution is 2.22. The van der Waals surface area contributed by atoms with E-state index < -0.39 is 23.5 Å². The zero-order valence-corrected chi connectivity index (χ0v) is 8.59. The topological polar surface area (TPSA) is 127 Å². The van der Waals surface area contributed by atoms with Crippen LogP contribution in [0.15, 0.2) is 23.8 Å². The first-order valence-corrected chi connectivity index (χ1v) is 4.75. The molecule has 0 radical (unpaired) electrons. The highest BCUT2D eigenvalue weighted by molar-refractivity contribution is 6.00. The molecule has 0 amide bonds. The van der Waals surface area contributed by atoms with Crippen LogP contribution in [0.4, 0.5) is 0 Å². The van der Waals surface area contributed by atoms with Crippen LogP contribution in [0.25, 0.3) is 0 Å². The second-order valence-corrected chi connectivity index (χ2v) is 3.71. The molecule has 0 aromatic rings. The number of carboxylic acids is 1. The summed E-state index contributed by atoms with van der Waals surface area (Å²) in [6.07, 6.45) is 4.32. The van der Waals surface area contributed by atoms with Crippen LogP contribution in [0.2, 0.25) is 0 Å². The molecule has 0 spiro atoms. The molecule has 0 aliphatic heterocycles. The Morgan fingerprint density at radius 2 is 2.19 bits per heavy atom. The lowest BCUT2D eigenvalue weighted by Gasteiger charge is -2.26. The van der Waals surface area contributed by atoms with E-state index in [1.54, 1.807) is 12.2 Å². The van der Waals surface area contributed by atoms with E-state index in [1.807, 2.05) is 0 Å². The summed E-state index contributed by atoms with van der Waals surface area (Å²) in [5.41, 5.74) is 8.99. The third-order valence-electron chi connectivity index (χ3n) is 2.32. The first kappa shape index (κ1) is 12.6. The summed E-state index contributed by atoms with van der Waals surface area (Å²) in [4.78, 5) is 22.1. The number of Topliss-reactive ketones (excluding diaryl/α,β-unsaturated/α-hetero) is 1. The number of ketones is 1. The Morgan fingerprint density at radius 1 is 1.56 bits per heavy atom. The van der Waals surface area contributed by atoms with E-state index in [-0.39, 0.29) is 18.4 Å². The number of allylic oxidation sites excluding steroid dienone is 2. The zero-order chi connectivity index (χ0) is 12.3. The molecule has 88 valence electrons. The summed E-state index contributed by atoms with van der Waals surface area (Å²) >= 11 is 0. The van der Waals surface area contributed by atoms with Gasteiger partial charge in [0.05, 0.1) is 0 Å². The molecule has 1 aliphatic rings. The minimum atomic E-state index is -1.73. The van der Waals surface area contributed by atoms with Crippen molar-refractivity contribution in [1.29, 1.82) is 0 Å². The van der Waals surface area contributed by atoms with Gasteiger partial charge >= 0.3 is 5.97 Å². The number of carboxylic acid groups (broad SMARTS) is 1. The molecular weight excluding hydrogens is 212 g/mol. The smallest absolute Gasteiger partial charge is 0.320 e. The quantitative estimate of drug-likeness (QED) is 0.450. The first-order valence-electron chi connectivity index (χ1n) is 4.75. The maximum absolute atomic E-state index is 11.6. The van der Waals surface area contributed by atoms with Gasteiger partial charge in [-0.15, -0.1) is 0 Å². The molecule has 6 heteroatoms. The summed E-state index contributed by atoms with van der Waals surface area (Å²) in [6, 6.07) is -1.28. The molecule has 0 fully saturated rings. The van der Waals surface area contributed by atoms with Crippen LogP contribution in [0, 0.1) is 0 Å². The van der Waals surface area contributed by atoms with Crippen LogP contribution in [-0.2, 0) is 9.59 Å². The number of hydrogen-bond donors (Lipinski definition) is 4. The normalized spacial score (nSPS) is 26.1. The molecule has 6 N–H and O–H groups in total. The molecule has 1 aliphatic carbocycles. The van der Waals surface area contributed by atoms with Gasteiger partial charge in [0.1, 0.15) is 11.8 Å². The molecule has 1 rings (SSSR count). The second kappa shape index (κ2) is 4.56. The molecule has 0 heterocycles. The number of carbonyl (C=O) groups is 2. The summed E-state index contributed by atoms with van der Waals surface area (Å²) in [7, 11) is 0. The summed E-state index contributed by atoms with van der Waals surface area (Å²) < 4.78 is 0. The fourth-order valence-electron chi connectivity index (χ4n) is 1.40. The maximum Gasteiger partial charge on any atom is 0.320 e. The van der Waals surface area contributed by atoms with Gasteiger partial charge in [0.15, 0.2) is 5.78 Å². The summed E-state index contributed by atoms with van der Waals surface area (Å²) in [5.74, 6) is -1.81. The van der Waals surface area contributed by atoms with Crippen molar-refractivity contribution in [3.8, 4) is 0 Å². The lowest BCUT2D eigenvalue weighted by molar-refractivity contribution is -0.140. The van der Waals surface area contributed by atoms with Gasteiger partial charge in [0.25, 0.3) is 0 Å². The van der Waals surface area contributed by atoms with Crippen molar-refractivity contribution in [2.75, 3.05) is 0 Å². The molecular formula is C10H14N2O4. The van der Waals surface area contributed by atoms with Gasteiger partial charge in [-0.1, -0.05) is 18.2 Å². The molecule has 0 aromatic carbocycles. The van der Waals surface area contributed by atoms with E-state index >= 15 is 0 Å². The van der Waals surface area contributed by atoms with Gasteiger partial charge in [-0.25, -0.2) is 0 Å². The average molecular weight is 226 g/mol. The van der Waals surface area contributed by atoms with Gasteiger partial charge in [0.2, 0.25) is 0 Å². The van der Waals surface area contributed by atoms with Gasteiger partial charge in [-0.2, -0.15) is 0 Å². The fourth-order valence-corrected chi connectivity index (χ4v) is 1.40. The van der Waals surface area contributed by atoms with Gasteiger partial charge in [-0.05, 0) is 0 Å². The Bertz CT molecular complexity index is 371. The van der Waals surface area contributed by atoms with E-state index in [4.69, 9.17) is 16.6 Å². The Morgan fingerprint density at radius 3 is 2.69 bits per heavy atom. The van der Waals surface area contributed by atoms with E-state index in [1.165, 1.54) is 6.08 Å². The number of hydrogen-bond acceptors (Lipinski definition) is 5. The zero-order valence-electron chi connectivity index (χ0n) is 8.59. The van der Waals surface area contributed by atoms with Crippen molar-refractivity contribution >= 4 is 11.8 Å². The molecule has 0 saturated heterocycles. The lowest BCUT2D eigenvalue weighted by Crippen LogP contribution is -2.46.